The predicted octanol–water partition coefficient (Wildman–Crippen LogP) is 4.29. The quantitative estimate of drug-likeness (QED) is 0.437. The standard InChI is InChI=1S/C23H26N4O4/c1-31-22-7-6-17(27(29)30)14-21(22)25-23(28)10-13-26-11-8-16(9-12-26)19-15-24-20-5-3-2-4-18(19)20/h2-7,14-16,24H,8-13H2,1H3,(H,25,28). The number of likely N-dealkylation sites (tertiary alicyclic amines) is 1. The number of hydrogen-bond acceptors (Lipinski definition) is 5. The van der Waals surface area contributed by atoms with Crippen molar-refractivity contribution in [3.8, 4) is 5.75 Å². The molecule has 1 fully saturated rings. The Kier molecular flexibility index (Phi) is 6.18. The first-order valence-corrected chi connectivity index (χ1v) is 10.5. The first-order valence-electron chi connectivity index (χ1n) is 10.5. The number of nitro benzene ring substituents is 1. The van der Waals surface area contributed by atoms with E-state index in [0.717, 1.165) is 25.9 Å². The van der Waals surface area contributed by atoms with Crippen LogP contribution < -0.4 is 10.1 Å². The molecule has 2 heterocycles. The van der Waals surface area contributed by atoms with E-state index in [1.807, 2.05) is 6.07 Å². The number of nitro groups is 1. The average Bonchev–Trinajstić information content (AvgIpc) is 3.22. The maximum Gasteiger partial charge on any atom is 0.271 e. The van der Waals surface area contributed by atoms with E-state index in [9.17, 15) is 14.9 Å². The van der Waals surface area contributed by atoms with Gasteiger partial charge in [0.1, 0.15) is 5.75 Å². The topological polar surface area (TPSA) is 100 Å². The smallest absolute Gasteiger partial charge is 0.271 e. The average molecular weight is 422 g/mol. The lowest BCUT2D eigenvalue weighted by atomic mass is 9.89. The van der Waals surface area contributed by atoms with Gasteiger partial charge in [-0.15, -0.1) is 0 Å². The van der Waals surface area contributed by atoms with Crippen LogP contribution >= 0.6 is 0 Å². The number of fused-ring (bicyclic) bond motifs is 1. The molecule has 31 heavy (non-hydrogen) atoms. The van der Waals surface area contributed by atoms with E-state index < -0.39 is 4.92 Å². The zero-order valence-corrected chi connectivity index (χ0v) is 17.5. The van der Waals surface area contributed by atoms with Crippen LogP contribution in [0.1, 0.15) is 30.7 Å². The molecule has 4 rings (SSSR count). The molecular weight excluding hydrogens is 396 g/mol. The van der Waals surface area contributed by atoms with Gasteiger partial charge in [-0.1, -0.05) is 18.2 Å². The van der Waals surface area contributed by atoms with Crippen LogP contribution in [0.2, 0.25) is 0 Å². The summed E-state index contributed by atoms with van der Waals surface area (Å²) >= 11 is 0. The van der Waals surface area contributed by atoms with Gasteiger partial charge < -0.3 is 19.9 Å². The Morgan fingerprint density at radius 1 is 1.26 bits per heavy atom. The van der Waals surface area contributed by atoms with E-state index in [1.165, 1.54) is 41.8 Å². The van der Waals surface area contributed by atoms with E-state index in [1.54, 1.807) is 0 Å². The molecule has 2 N–H and O–H groups in total. The largest absolute Gasteiger partial charge is 0.495 e. The van der Waals surface area contributed by atoms with Crippen LogP contribution in [0.4, 0.5) is 11.4 Å². The number of carbonyl (C=O) groups excluding carboxylic acids is 1. The second kappa shape index (κ2) is 9.18. The van der Waals surface area contributed by atoms with Gasteiger partial charge in [0.15, 0.2) is 0 Å². The van der Waals surface area contributed by atoms with Crippen LogP contribution in [-0.2, 0) is 4.79 Å². The lowest BCUT2D eigenvalue weighted by molar-refractivity contribution is -0.384. The van der Waals surface area contributed by atoms with E-state index in [-0.39, 0.29) is 11.6 Å². The Morgan fingerprint density at radius 2 is 2.03 bits per heavy atom. The molecule has 1 aromatic heterocycles. The van der Waals surface area contributed by atoms with Gasteiger partial charge in [-0.05, 0) is 49.5 Å². The number of rotatable bonds is 7. The zero-order valence-electron chi connectivity index (χ0n) is 17.5. The Morgan fingerprint density at radius 3 is 2.77 bits per heavy atom. The lowest BCUT2D eigenvalue weighted by Crippen LogP contribution is -2.35. The van der Waals surface area contributed by atoms with Crippen molar-refractivity contribution in [2.45, 2.75) is 25.2 Å². The summed E-state index contributed by atoms with van der Waals surface area (Å²) in [6, 6.07) is 12.5. The first kappa shape index (κ1) is 20.9. The Hall–Kier alpha value is -3.39. The molecule has 0 bridgehead atoms. The van der Waals surface area contributed by atoms with Gasteiger partial charge in [0, 0.05) is 42.2 Å². The van der Waals surface area contributed by atoms with Crippen LogP contribution in [0.3, 0.4) is 0 Å². The highest BCUT2D eigenvalue weighted by Crippen LogP contribution is 2.33. The molecule has 0 unspecified atom stereocenters. The van der Waals surface area contributed by atoms with E-state index in [0.29, 0.717) is 30.3 Å². The number of non-ortho nitro benzene ring substituents is 1. The highest BCUT2D eigenvalue weighted by Gasteiger charge is 2.23. The third-order valence-electron chi connectivity index (χ3n) is 5.97. The van der Waals surface area contributed by atoms with Crippen molar-refractivity contribution in [2.75, 3.05) is 32.1 Å². The number of H-pyrrole nitrogens is 1. The fourth-order valence-electron chi connectivity index (χ4n) is 4.28. The Balaban J connectivity index is 1.29. The van der Waals surface area contributed by atoms with Gasteiger partial charge in [0.2, 0.25) is 5.91 Å². The molecule has 1 saturated heterocycles. The number of ether oxygens (including phenoxy) is 1. The highest BCUT2D eigenvalue weighted by atomic mass is 16.6. The molecule has 0 aliphatic carbocycles. The number of piperidine rings is 1. The van der Waals surface area contributed by atoms with Gasteiger partial charge in [-0.2, -0.15) is 0 Å². The molecule has 0 saturated carbocycles. The van der Waals surface area contributed by atoms with Gasteiger partial charge in [-0.3, -0.25) is 14.9 Å². The van der Waals surface area contributed by atoms with Crippen molar-refractivity contribution in [3.63, 3.8) is 0 Å². The summed E-state index contributed by atoms with van der Waals surface area (Å²) in [6.45, 7) is 2.54. The van der Waals surface area contributed by atoms with Crippen molar-refractivity contribution in [1.29, 1.82) is 0 Å². The van der Waals surface area contributed by atoms with Crippen LogP contribution in [0, 0.1) is 10.1 Å². The molecule has 0 spiro atoms. The molecule has 162 valence electrons. The fourth-order valence-corrected chi connectivity index (χ4v) is 4.28. The Labute approximate surface area is 180 Å². The summed E-state index contributed by atoms with van der Waals surface area (Å²) in [6.07, 6.45) is 4.57. The number of carbonyl (C=O) groups is 1. The predicted molar refractivity (Wildman–Crippen MR) is 120 cm³/mol. The van der Waals surface area contributed by atoms with E-state index >= 15 is 0 Å². The summed E-state index contributed by atoms with van der Waals surface area (Å²) < 4.78 is 5.20. The number of para-hydroxylation sites is 1. The number of hydrogen-bond donors (Lipinski definition) is 2. The summed E-state index contributed by atoms with van der Waals surface area (Å²) in [4.78, 5) is 28.6. The number of benzene rings is 2. The minimum atomic E-state index is -0.493. The highest BCUT2D eigenvalue weighted by molar-refractivity contribution is 5.92. The molecule has 1 amide bonds. The minimum absolute atomic E-state index is 0.0875. The monoisotopic (exact) mass is 422 g/mol. The summed E-state index contributed by atoms with van der Waals surface area (Å²) in [5, 5.41) is 15.0. The number of nitrogens with one attached hydrogen (secondary N) is 2. The van der Waals surface area contributed by atoms with Crippen molar-refractivity contribution >= 4 is 28.2 Å². The molecule has 0 atom stereocenters. The third kappa shape index (κ3) is 4.69. The van der Waals surface area contributed by atoms with Crippen molar-refractivity contribution in [3.05, 3.63) is 64.3 Å². The van der Waals surface area contributed by atoms with Crippen molar-refractivity contribution in [2.24, 2.45) is 0 Å². The number of anilines is 1. The maximum atomic E-state index is 12.4. The number of nitrogens with zero attached hydrogens (tertiary/aromatic N) is 2. The van der Waals surface area contributed by atoms with Gasteiger partial charge in [0.05, 0.1) is 17.7 Å². The van der Waals surface area contributed by atoms with Gasteiger partial charge in [0.25, 0.3) is 5.69 Å². The molecule has 8 nitrogen and oxygen atoms in total. The summed E-state index contributed by atoms with van der Waals surface area (Å²) in [5.41, 5.74) is 2.79. The molecular formula is C23H26N4O4. The zero-order chi connectivity index (χ0) is 21.8. The minimum Gasteiger partial charge on any atom is -0.495 e. The second-order valence-corrected chi connectivity index (χ2v) is 7.85. The number of methoxy groups -OCH3 is 1. The van der Waals surface area contributed by atoms with Crippen LogP contribution in [0.25, 0.3) is 10.9 Å². The van der Waals surface area contributed by atoms with Crippen LogP contribution in [-0.4, -0.2) is 47.5 Å². The van der Waals surface area contributed by atoms with E-state index in [2.05, 4.69) is 39.6 Å². The first-order chi connectivity index (χ1) is 15.0. The lowest BCUT2D eigenvalue weighted by Gasteiger charge is -2.31. The van der Waals surface area contributed by atoms with Gasteiger partial charge in [-0.25, -0.2) is 0 Å². The number of amides is 1. The fraction of sp³-hybridized carbons (Fsp3) is 0.348. The molecule has 0 radical (unpaired) electrons. The Bertz CT molecular complexity index is 1090. The summed E-state index contributed by atoms with van der Waals surface area (Å²) in [7, 11) is 1.47. The molecule has 2 aromatic carbocycles. The third-order valence-corrected chi connectivity index (χ3v) is 5.97. The van der Waals surface area contributed by atoms with E-state index in [4.69, 9.17) is 4.74 Å². The maximum absolute atomic E-state index is 12.4. The second-order valence-electron chi connectivity index (χ2n) is 7.85. The van der Waals surface area contributed by atoms with Crippen molar-refractivity contribution < 1.29 is 14.5 Å². The normalized spacial score (nSPS) is 15.1. The summed E-state index contributed by atoms with van der Waals surface area (Å²) in [5.74, 6) is 0.742. The number of aromatic amines is 1. The molecule has 8 heteroatoms. The van der Waals surface area contributed by atoms with Crippen molar-refractivity contribution in [1.82, 2.24) is 9.88 Å². The molecule has 3 aromatic rings. The molecule has 1 aliphatic heterocycles. The van der Waals surface area contributed by atoms with Gasteiger partial charge >= 0.3 is 0 Å². The number of aromatic nitrogens is 1. The molecule has 1 aliphatic rings. The van der Waals surface area contributed by atoms with Crippen LogP contribution in [0.5, 0.6) is 5.75 Å². The van der Waals surface area contributed by atoms with Crippen LogP contribution in [0.15, 0.2) is 48.7 Å². The SMILES string of the molecule is COc1ccc([N+](=O)[O-])cc1NC(=O)CCN1CCC(c2c[nH]c3ccccc23)CC1.